The van der Waals surface area contributed by atoms with E-state index in [-0.39, 0.29) is 30.2 Å². The Bertz CT molecular complexity index is 1090. The zero-order valence-corrected chi connectivity index (χ0v) is 17.6. The Morgan fingerprint density at radius 3 is 2.69 bits per heavy atom. The lowest BCUT2D eigenvalue weighted by Gasteiger charge is -2.14. The van der Waals surface area contributed by atoms with E-state index in [1.54, 1.807) is 24.5 Å². The second-order valence-corrected chi connectivity index (χ2v) is 8.18. The van der Waals surface area contributed by atoms with E-state index >= 15 is 0 Å². The molecule has 2 aromatic rings. The van der Waals surface area contributed by atoms with Gasteiger partial charge in [-0.05, 0) is 24.5 Å². The fourth-order valence-corrected chi connectivity index (χ4v) is 3.77. The van der Waals surface area contributed by atoms with Crippen molar-refractivity contribution in [3.8, 4) is 11.3 Å². The lowest BCUT2D eigenvalue weighted by Crippen LogP contribution is -2.28. The average molecular weight is 431 g/mol. The number of Topliss-reactive ketones (excluding diaryl/α,β-unsaturated/α-hetero) is 1. The molecule has 1 amide bonds. The lowest BCUT2D eigenvalue weighted by atomic mass is 10.1. The topological polar surface area (TPSA) is 85.4 Å². The Morgan fingerprint density at radius 2 is 2.10 bits per heavy atom. The molecule has 150 valence electrons. The van der Waals surface area contributed by atoms with Crippen LogP contribution in [0.25, 0.3) is 16.1 Å². The van der Waals surface area contributed by atoms with Crippen molar-refractivity contribution in [3.63, 3.8) is 0 Å². The van der Waals surface area contributed by atoms with E-state index in [4.69, 9.17) is 18.2 Å². The maximum Gasteiger partial charge on any atom is 0.255 e. The minimum atomic E-state index is -0.565. The molecule has 0 unspecified atom stereocenters. The van der Waals surface area contributed by atoms with Gasteiger partial charge < -0.3 is 10.2 Å². The highest BCUT2D eigenvalue weighted by atomic mass is 35.5. The molecule has 1 N–H and O–H groups in total. The highest BCUT2D eigenvalue weighted by molar-refractivity contribution is 7.98. The van der Waals surface area contributed by atoms with Crippen LogP contribution in [0.1, 0.15) is 26.2 Å². The summed E-state index contributed by atoms with van der Waals surface area (Å²) in [5, 5.41) is 3.52. The molecule has 7 nitrogen and oxygen atoms in total. The minimum Gasteiger partial charge on any atom is -0.326 e. The molecule has 1 saturated carbocycles. The van der Waals surface area contributed by atoms with E-state index in [9.17, 15) is 14.4 Å². The number of hydrogen-bond acceptors (Lipinski definition) is 5. The van der Waals surface area contributed by atoms with Crippen LogP contribution in [-0.4, -0.2) is 33.0 Å². The van der Waals surface area contributed by atoms with E-state index < -0.39 is 5.54 Å². The van der Waals surface area contributed by atoms with Gasteiger partial charge >= 0.3 is 0 Å². The number of aromatic nitrogens is 2. The molecule has 0 bridgehead atoms. The number of carbonyl (C=O) groups is 2. The number of nitrogens with one attached hydrogen (secondary N) is 1. The molecule has 1 heterocycles. The first-order chi connectivity index (χ1) is 13.8. The molecule has 9 heteroatoms. The molecule has 0 radical (unpaired) electrons. The van der Waals surface area contributed by atoms with Gasteiger partial charge in [0.15, 0.2) is 10.9 Å². The number of halogens is 1. The Kier molecular flexibility index (Phi) is 6.10. The highest BCUT2D eigenvalue weighted by Crippen LogP contribution is 2.43. The first-order valence-electron chi connectivity index (χ1n) is 8.90. The molecule has 1 aromatic carbocycles. The molecular formula is C20H19ClN4O3S. The third kappa shape index (κ3) is 4.86. The van der Waals surface area contributed by atoms with E-state index in [0.29, 0.717) is 27.1 Å². The van der Waals surface area contributed by atoms with Gasteiger partial charge in [-0.1, -0.05) is 23.4 Å². The molecule has 1 fully saturated rings. The smallest absolute Gasteiger partial charge is 0.255 e. The predicted octanol–water partition coefficient (Wildman–Crippen LogP) is 3.66. The predicted molar refractivity (Wildman–Crippen MR) is 113 cm³/mol. The summed E-state index contributed by atoms with van der Waals surface area (Å²) >= 11 is 7.28. The van der Waals surface area contributed by atoms with Crippen molar-refractivity contribution < 1.29 is 9.59 Å². The number of hydrogen-bond donors (Lipinski definition) is 1. The van der Waals surface area contributed by atoms with Crippen LogP contribution in [0, 0.1) is 6.57 Å². The summed E-state index contributed by atoms with van der Waals surface area (Å²) < 4.78 is 1.32. The monoisotopic (exact) mass is 430 g/mol. The van der Waals surface area contributed by atoms with Gasteiger partial charge in [-0.25, -0.2) is 11.6 Å². The molecular weight excluding hydrogens is 412 g/mol. The van der Waals surface area contributed by atoms with Gasteiger partial charge in [0.25, 0.3) is 5.56 Å². The van der Waals surface area contributed by atoms with Crippen molar-refractivity contribution in [2.45, 2.75) is 43.4 Å². The van der Waals surface area contributed by atoms with E-state index in [1.807, 2.05) is 0 Å². The summed E-state index contributed by atoms with van der Waals surface area (Å²) in [7, 11) is 0. The average Bonchev–Trinajstić information content (AvgIpc) is 3.42. The number of carbonyl (C=O) groups excluding carboxylic acids is 2. The second kappa shape index (κ2) is 8.39. The normalized spacial score (nSPS) is 14.1. The van der Waals surface area contributed by atoms with Crippen LogP contribution in [0.4, 0.5) is 5.69 Å². The number of thioether (sulfide) groups is 1. The second-order valence-electron chi connectivity index (χ2n) is 6.98. The Hall–Kier alpha value is -2.63. The van der Waals surface area contributed by atoms with Crippen molar-refractivity contribution >= 4 is 40.7 Å². The Labute approximate surface area is 177 Å². The number of nitrogens with zero attached hydrogens (tertiary/aromatic N) is 3. The van der Waals surface area contributed by atoms with Crippen LogP contribution in [-0.2, 0) is 16.1 Å². The van der Waals surface area contributed by atoms with Gasteiger partial charge in [0, 0.05) is 36.4 Å². The molecule has 1 aliphatic rings. The van der Waals surface area contributed by atoms with Gasteiger partial charge in [0.2, 0.25) is 11.4 Å². The number of benzene rings is 1. The maximum absolute atomic E-state index is 12.8. The molecule has 3 rings (SSSR count). The highest BCUT2D eigenvalue weighted by Gasteiger charge is 2.52. The standard InChI is InChI=1S/C20H19ClN4O3S/c1-12(26)23-16-8-13(21)4-5-15(16)17-9-18(28)25(19(24-17)29-3)11-14(27)10-20(22-2)6-7-20/h4-5,8-9H,6-7,10-11H2,1,3H3,(H,23,26). The number of rotatable bonds is 7. The third-order valence-electron chi connectivity index (χ3n) is 4.65. The molecule has 0 saturated heterocycles. The van der Waals surface area contributed by atoms with Gasteiger partial charge in [-0.3, -0.25) is 19.0 Å². The Balaban J connectivity index is 1.95. The fraction of sp³-hybridized carbons (Fsp3) is 0.350. The summed E-state index contributed by atoms with van der Waals surface area (Å²) in [4.78, 5) is 44.8. The van der Waals surface area contributed by atoms with E-state index in [0.717, 1.165) is 12.8 Å². The first-order valence-corrected chi connectivity index (χ1v) is 10.5. The van der Waals surface area contributed by atoms with Crippen molar-refractivity contribution in [2.24, 2.45) is 0 Å². The summed E-state index contributed by atoms with van der Waals surface area (Å²) in [6.45, 7) is 8.48. The fourth-order valence-electron chi connectivity index (χ4n) is 3.03. The lowest BCUT2D eigenvalue weighted by molar-refractivity contribution is -0.120. The first kappa shape index (κ1) is 21.1. The quantitative estimate of drug-likeness (QED) is 0.411. The maximum atomic E-state index is 12.8. The molecule has 0 atom stereocenters. The van der Waals surface area contributed by atoms with Gasteiger partial charge in [0.1, 0.15) is 0 Å². The molecule has 1 aromatic heterocycles. The number of amides is 1. The van der Waals surface area contributed by atoms with Crippen LogP contribution in [0.15, 0.2) is 34.2 Å². The number of anilines is 1. The van der Waals surface area contributed by atoms with Crippen LogP contribution in [0.5, 0.6) is 0 Å². The van der Waals surface area contributed by atoms with E-state index in [1.165, 1.54) is 29.3 Å². The molecule has 29 heavy (non-hydrogen) atoms. The van der Waals surface area contributed by atoms with Gasteiger partial charge in [-0.15, -0.1) is 0 Å². The van der Waals surface area contributed by atoms with Crippen LogP contribution in [0.3, 0.4) is 0 Å². The van der Waals surface area contributed by atoms with Crippen molar-refractivity contribution in [2.75, 3.05) is 11.6 Å². The SMILES string of the molecule is [C-]#[N+]C1(CC(=O)Cn2c(SC)nc(-c3ccc(Cl)cc3NC(C)=O)cc2=O)CC1. The van der Waals surface area contributed by atoms with Crippen LogP contribution in [0.2, 0.25) is 5.02 Å². The zero-order valence-electron chi connectivity index (χ0n) is 16.0. The van der Waals surface area contributed by atoms with Gasteiger partial charge in [0.05, 0.1) is 24.3 Å². The van der Waals surface area contributed by atoms with E-state index in [2.05, 4.69) is 15.1 Å². The Morgan fingerprint density at radius 1 is 1.38 bits per heavy atom. The summed E-state index contributed by atoms with van der Waals surface area (Å²) in [5.74, 6) is -0.428. The van der Waals surface area contributed by atoms with Crippen LogP contribution < -0.4 is 10.9 Å². The van der Waals surface area contributed by atoms with Gasteiger partial charge in [-0.2, -0.15) is 0 Å². The minimum absolute atomic E-state index is 0.112. The number of ketones is 1. The summed E-state index contributed by atoms with van der Waals surface area (Å²) in [6, 6.07) is 6.26. The summed E-state index contributed by atoms with van der Waals surface area (Å²) in [6.07, 6.45) is 3.38. The third-order valence-corrected chi connectivity index (χ3v) is 5.56. The van der Waals surface area contributed by atoms with Crippen molar-refractivity contribution in [1.29, 1.82) is 0 Å². The van der Waals surface area contributed by atoms with Crippen LogP contribution >= 0.6 is 23.4 Å². The molecule has 1 aliphatic carbocycles. The van der Waals surface area contributed by atoms with Crippen molar-refractivity contribution in [3.05, 3.63) is 51.1 Å². The van der Waals surface area contributed by atoms with Crippen molar-refractivity contribution in [1.82, 2.24) is 9.55 Å². The largest absolute Gasteiger partial charge is 0.326 e. The zero-order chi connectivity index (χ0) is 21.2. The molecule has 0 spiro atoms. The summed E-state index contributed by atoms with van der Waals surface area (Å²) in [5.41, 5.74) is 0.447. The molecule has 0 aliphatic heterocycles.